The minimum Gasteiger partial charge on any atom is -0.453 e. The van der Waals surface area contributed by atoms with Crippen LogP contribution in [0.25, 0.3) is 0 Å². The van der Waals surface area contributed by atoms with Gasteiger partial charge in [-0.2, -0.15) is 0 Å². The van der Waals surface area contributed by atoms with Crippen LogP contribution >= 0.6 is 23.2 Å². The van der Waals surface area contributed by atoms with Gasteiger partial charge >= 0.3 is 12.2 Å². The maximum atomic E-state index is 11.2. The van der Waals surface area contributed by atoms with Gasteiger partial charge in [0.1, 0.15) is 0 Å². The van der Waals surface area contributed by atoms with E-state index in [0.717, 1.165) is 14.2 Å². The zero-order valence-electron chi connectivity index (χ0n) is 12.3. The van der Waals surface area contributed by atoms with Crippen LogP contribution in [0.2, 0.25) is 10.0 Å². The number of ether oxygens (including phenoxy) is 2. The number of carbonyl (C=O) groups is 2. The zero-order valence-corrected chi connectivity index (χ0v) is 13.8. The predicted octanol–water partition coefficient (Wildman–Crippen LogP) is 2.09. The number of guanidine groups is 1. The van der Waals surface area contributed by atoms with Crippen molar-refractivity contribution in [3.8, 4) is 0 Å². The topological polar surface area (TPSA) is 109 Å². The van der Waals surface area contributed by atoms with E-state index in [2.05, 4.69) is 25.1 Å². The van der Waals surface area contributed by atoms with Crippen molar-refractivity contribution < 1.29 is 24.2 Å². The number of nitrogens with zero attached hydrogens (tertiary/aromatic N) is 1. The second kappa shape index (κ2) is 9.19. The summed E-state index contributed by atoms with van der Waals surface area (Å²) in [6.07, 6.45) is -2.92. The number of aliphatic imine (C=N–C) groups is 1. The Hall–Kier alpha value is -2.03. The fourth-order valence-electron chi connectivity index (χ4n) is 1.52. The second-order valence-corrected chi connectivity index (χ2v) is 4.89. The lowest BCUT2D eigenvalue weighted by Gasteiger charge is -2.16. The molecular weight excluding hydrogens is 349 g/mol. The van der Waals surface area contributed by atoms with Crippen molar-refractivity contribution in [2.45, 2.75) is 6.10 Å². The maximum Gasteiger partial charge on any atom is 0.436 e. The molecule has 0 bridgehead atoms. The third-order valence-corrected chi connectivity index (χ3v) is 3.24. The Labute approximate surface area is 142 Å². The summed E-state index contributed by atoms with van der Waals surface area (Å²) in [6.45, 7) is -0.136. The monoisotopic (exact) mass is 363 g/mol. The molecule has 0 aromatic heterocycles. The molecule has 0 aliphatic carbocycles. The number of hydrogen-bond donors (Lipinski definition) is 3. The molecule has 23 heavy (non-hydrogen) atoms. The van der Waals surface area contributed by atoms with Crippen LogP contribution in [0.5, 0.6) is 0 Å². The van der Waals surface area contributed by atoms with Gasteiger partial charge in [-0.05, 0) is 12.1 Å². The molecule has 0 radical (unpaired) electrons. The Kier molecular flexibility index (Phi) is 7.60. The van der Waals surface area contributed by atoms with E-state index in [1.54, 1.807) is 18.2 Å². The number of halogens is 2. The molecule has 1 rings (SSSR count). The number of benzene rings is 1. The molecule has 0 spiro atoms. The van der Waals surface area contributed by atoms with Gasteiger partial charge in [0.15, 0.2) is 0 Å². The minimum atomic E-state index is -1.11. The first-order valence-corrected chi connectivity index (χ1v) is 7.02. The van der Waals surface area contributed by atoms with Crippen LogP contribution in [0.3, 0.4) is 0 Å². The Morgan fingerprint density at radius 1 is 1.26 bits per heavy atom. The number of aliphatic hydroxyl groups is 1. The number of aliphatic hydroxyl groups excluding tert-OH is 1. The van der Waals surface area contributed by atoms with Gasteiger partial charge in [0.25, 0.3) is 0 Å². The molecule has 0 fully saturated rings. The van der Waals surface area contributed by atoms with Crippen molar-refractivity contribution in [3.63, 3.8) is 0 Å². The molecule has 0 saturated heterocycles. The number of nitrogens with one attached hydrogen (secondary N) is 2. The van der Waals surface area contributed by atoms with Crippen LogP contribution in [0.15, 0.2) is 23.2 Å². The van der Waals surface area contributed by atoms with Gasteiger partial charge in [-0.1, -0.05) is 29.3 Å². The van der Waals surface area contributed by atoms with Crippen LogP contribution in [-0.2, 0) is 9.47 Å². The first-order valence-electron chi connectivity index (χ1n) is 6.26. The molecule has 1 unspecified atom stereocenters. The van der Waals surface area contributed by atoms with Gasteiger partial charge in [-0.15, -0.1) is 4.99 Å². The highest BCUT2D eigenvalue weighted by molar-refractivity contribution is 6.36. The van der Waals surface area contributed by atoms with E-state index in [9.17, 15) is 14.7 Å². The first-order chi connectivity index (χ1) is 10.9. The van der Waals surface area contributed by atoms with Crippen LogP contribution < -0.4 is 10.6 Å². The Morgan fingerprint density at radius 2 is 1.87 bits per heavy atom. The molecular formula is C13H15Cl2N3O5. The van der Waals surface area contributed by atoms with Gasteiger partial charge in [0.05, 0.1) is 20.3 Å². The summed E-state index contributed by atoms with van der Waals surface area (Å²) < 4.78 is 8.76. The third-order valence-electron chi connectivity index (χ3n) is 2.58. The van der Waals surface area contributed by atoms with Gasteiger partial charge in [-0.3, -0.25) is 5.32 Å². The van der Waals surface area contributed by atoms with Crippen molar-refractivity contribution in [2.24, 2.45) is 4.99 Å². The molecule has 3 N–H and O–H groups in total. The standard InChI is InChI=1S/C13H15Cl2N3O5/c1-22-12(20)17-11(18-13(21)23-2)16-6-9(19)10-7(14)4-3-5-8(10)15/h3-5,9,19H,6H2,1-2H3,(H2,16,17,18,20,21). The molecule has 0 saturated carbocycles. The molecule has 0 aliphatic heterocycles. The Bertz CT molecular complexity index is 589. The van der Waals surface area contributed by atoms with E-state index in [-0.39, 0.29) is 22.5 Å². The lowest BCUT2D eigenvalue weighted by molar-refractivity contribution is 0.172. The van der Waals surface area contributed by atoms with E-state index in [1.807, 2.05) is 0 Å². The molecule has 1 atom stereocenters. The number of carbonyl (C=O) groups excluding carboxylic acids is 2. The van der Waals surface area contributed by atoms with Crippen LogP contribution in [-0.4, -0.2) is 44.0 Å². The number of rotatable bonds is 3. The predicted molar refractivity (Wildman–Crippen MR) is 84.8 cm³/mol. The van der Waals surface area contributed by atoms with Crippen molar-refractivity contribution in [1.29, 1.82) is 0 Å². The summed E-state index contributed by atoms with van der Waals surface area (Å²) in [7, 11) is 2.27. The smallest absolute Gasteiger partial charge is 0.436 e. The first kappa shape index (κ1) is 19.0. The maximum absolute atomic E-state index is 11.2. The summed E-state index contributed by atoms with van der Waals surface area (Å²) in [6, 6.07) is 4.78. The van der Waals surface area contributed by atoms with E-state index in [1.165, 1.54) is 0 Å². The number of amides is 2. The number of methoxy groups -OCH3 is 2. The highest BCUT2D eigenvalue weighted by Crippen LogP contribution is 2.29. The van der Waals surface area contributed by atoms with Crippen molar-refractivity contribution in [2.75, 3.05) is 20.8 Å². The lowest BCUT2D eigenvalue weighted by atomic mass is 10.1. The minimum absolute atomic E-state index is 0.136. The molecule has 126 valence electrons. The van der Waals surface area contributed by atoms with Gasteiger partial charge in [-0.25, -0.2) is 9.59 Å². The summed E-state index contributed by atoms with van der Waals surface area (Å²) in [5.41, 5.74) is 0.304. The molecule has 1 aromatic carbocycles. The average Bonchev–Trinajstić information content (AvgIpc) is 2.52. The molecule has 1 aromatic rings. The number of alkyl carbamates (subject to hydrolysis) is 1. The zero-order chi connectivity index (χ0) is 17.4. The molecule has 2 amide bonds. The van der Waals surface area contributed by atoms with E-state index >= 15 is 0 Å². The molecule has 0 aliphatic rings. The summed E-state index contributed by atoms with van der Waals surface area (Å²) in [5.74, 6) is -0.258. The summed E-state index contributed by atoms with van der Waals surface area (Å²) >= 11 is 12.0. The largest absolute Gasteiger partial charge is 0.453 e. The van der Waals surface area contributed by atoms with Crippen molar-refractivity contribution in [3.05, 3.63) is 33.8 Å². The van der Waals surface area contributed by atoms with E-state index in [0.29, 0.717) is 5.56 Å². The summed E-state index contributed by atoms with van der Waals surface area (Å²) in [4.78, 5) is 25.8. The van der Waals surface area contributed by atoms with Crippen LogP contribution in [0.1, 0.15) is 11.7 Å². The van der Waals surface area contributed by atoms with Crippen LogP contribution in [0.4, 0.5) is 9.59 Å². The summed E-state index contributed by atoms with van der Waals surface area (Å²) in [5, 5.41) is 15.5. The normalized spacial score (nSPS) is 12.3. The third kappa shape index (κ3) is 5.93. The highest BCUT2D eigenvalue weighted by Gasteiger charge is 2.17. The van der Waals surface area contributed by atoms with Gasteiger partial charge in [0, 0.05) is 22.2 Å². The fraction of sp³-hybridized carbons (Fsp3) is 0.308. The van der Waals surface area contributed by atoms with Gasteiger partial charge in [0.2, 0.25) is 5.96 Å². The van der Waals surface area contributed by atoms with E-state index < -0.39 is 18.3 Å². The molecule has 0 heterocycles. The fourth-order valence-corrected chi connectivity index (χ4v) is 2.17. The SMILES string of the molecule is COC(=O)N=C(NCC(O)c1c(Cl)cccc1Cl)NC(=O)OC. The molecule has 8 nitrogen and oxygen atoms in total. The van der Waals surface area contributed by atoms with Crippen molar-refractivity contribution in [1.82, 2.24) is 10.6 Å². The number of hydrogen-bond acceptors (Lipinski definition) is 5. The highest BCUT2D eigenvalue weighted by atomic mass is 35.5. The van der Waals surface area contributed by atoms with Crippen LogP contribution in [0, 0.1) is 0 Å². The van der Waals surface area contributed by atoms with Crippen molar-refractivity contribution >= 4 is 41.3 Å². The molecule has 10 heteroatoms. The Balaban J connectivity index is 2.83. The second-order valence-electron chi connectivity index (χ2n) is 4.08. The van der Waals surface area contributed by atoms with E-state index in [4.69, 9.17) is 23.2 Å². The lowest BCUT2D eigenvalue weighted by Crippen LogP contribution is -2.43. The quantitative estimate of drug-likeness (QED) is 0.560. The average molecular weight is 364 g/mol. The van der Waals surface area contributed by atoms with Gasteiger partial charge < -0.3 is 19.9 Å². The Morgan fingerprint density at radius 3 is 2.39 bits per heavy atom.